The van der Waals surface area contributed by atoms with Crippen molar-refractivity contribution in [2.45, 2.75) is 69.7 Å². The molecule has 30 heavy (non-hydrogen) atoms. The standard InChI is InChI=1S/C20H25N5O5/c1-4-5-6-15(27)24-18-12-7-8-14(25(12)23-11-22-18)20(10-21)17-16(13(9-26)28-20)29-19(2,3)30-17/h7-8,11,13,16-17,26H,4-6,9H2,1-3H3,(H,22,23,24,27)/t13-,16-,17-,20+/m1/s1. The monoisotopic (exact) mass is 415 g/mol. The number of unbranched alkanes of at least 4 members (excludes halogenated alkanes) is 1. The molecule has 10 nitrogen and oxygen atoms in total. The Hall–Kier alpha value is -2.58. The second-order valence-electron chi connectivity index (χ2n) is 7.98. The van der Waals surface area contributed by atoms with Crippen LogP contribution in [0, 0.1) is 11.3 Å². The maximum Gasteiger partial charge on any atom is 0.226 e. The van der Waals surface area contributed by atoms with Crippen molar-refractivity contribution in [3.63, 3.8) is 0 Å². The van der Waals surface area contributed by atoms with Gasteiger partial charge in [0.1, 0.15) is 36.2 Å². The Labute approximate surface area is 173 Å². The van der Waals surface area contributed by atoms with Gasteiger partial charge in [0.15, 0.2) is 11.6 Å². The molecule has 2 aliphatic heterocycles. The highest BCUT2D eigenvalue weighted by molar-refractivity contribution is 5.93. The van der Waals surface area contributed by atoms with Crippen molar-refractivity contribution in [2.75, 3.05) is 11.9 Å². The summed E-state index contributed by atoms with van der Waals surface area (Å²) >= 11 is 0. The van der Waals surface area contributed by atoms with Crippen molar-refractivity contribution in [2.24, 2.45) is 0 Å². The highest BCUT2D eigenvalue weighted by Gasteiger charge is 2.65. The van der Waals surface area contributed by atoms with E-state index in [1.807, 2.05) is 6.92 Å². The van der Waals surface area contributed by atoms with Crippen molar-refractivity contribution < 1.29 is 24.1 Å². The minimum absolute atomic E-state index is 0.137. The normalized spacial score (nSPS) is 29.6. The lowest BCUT2D eigenvalue weighted by Crippen LogP contribution is -2.40. The van der Waals surface area contributed by atoms with Crippen LogP contribution in [0.4, 0.5) is 5.82 Å². The van der Waals surface area contributed by atoms with E-state index in [4.69, 9.17) is 14.2 Å². The van der Waals surface area contributed by atoms with Gasteiger partial charge in [-0.1, -0.05) is 13.3 Å². The Morgan fingerprint density at radius 2 is 2.17 bits per heavy atom. The van der Waals surface area contributed by atoms with E-state index in [-0.39, 0.29) is 12.5 Å². The van der Waals surface area contributed by atoms with E-state index >= 15 is 0 Å². The zero-order chi connectivity index (χ0) is 21.5. The van der Waals surface area contributed by atoms with Crippen LogP contribution in [0.5, 0.6) is 0 Å². The number of carbonyl (C=O) groups excluding carboxylic acids is 1. The largest absolute Gasteiger partial charge is 0.394 e. The van der Waals surface area contributed by atoms with Crippen LogP contribution in [-0.4, -0.2) is 56.3 Å². The Bertz CT molecular complexity index is 999. The molecule has 4 rings (SSSR count). The highest BCUT2D eigenvalue weighted by Crippen LogP contribution is 2.49. The van der Waals surface area contributed by atoms with Crippen LogP contribution in [0.15, 0.2) is 18.5 Å². The first-order valence-corrected chi connectivity index (χ1v) is 10.0. The van der Waals surface area contributed by atoms with Crippen LogP contribution in [0.3, 0.4) is 0 Å². The molecular weight excluding hydrogens is 390 g/mol. The van der Waals surface area contributed by atoms with E-state index in [9.17, 15) is 15.2 Å². The van der Waals surface area contributed by atoms with E-state index in [0.29, 0.717) is 23.4 Å². The quantitative estimate of drug-likeness (QED) is 0.725. The number of ether oxygens (including phenoxy) is 3. The average molecular weight is 415 g/mol. The lowest BCUT2D eigenvalue weighted by molar-refractivity contribution is -0.204. The van der Waals surface area contributed by atoms with Gasteiger partial charge in [-0.25, -0.2) is 9.50 Å². The fraction of sp³-hybridized carbons (Fsp3) is 0.600. The van der Waals surface area contributed by atoms with Crippen molar-refractivity contribution in [1.29, 1.82) is 5.26 Å². The lowest BCUT2D eigenvalue weighted by Gasteiger charge is -2.28. The van der Waals surface area contributed by atoms with E-state index in [0.717, 1.165) is 12.8 Å². The van der Waals surface area contributed by atoms with Gasteiger partial charge in [0, 0.05) is 6.42 Å². The number of nitriles is 1. The summed E-state index contributed by atoms with van der Waals surface area (Å²) in [7, 11) is 0. The molecule has 2 saturated heterocycles. The fourth-order valence-electron chi connectivity index (χ4n) is 4.09. The number of hydrogen-bond donors (Lipinski definition) is 2. The maximum atomic E-state index is 12.2. The van der Waals surface area contributed by atoms with Gasteiger partial charge in [-0.15, -0.1) is 0 Å². The fourth-order valence-corrected chi connectivity index (χ4v) is 4.09. The molecule has 160 valence electrons. The highest BCUT2D eigenvalue weighted by atomic mass is 16.8. The molecule has 0 radical (unpaired) electrons. The van der Waals surface area contributed by atoms with Crippen LogP contribution in [-0.2, 0) is 24.6 Å². The van der Waals surface area contributed by atoms with Gasteiger partial charge < -0.3 is 24.6 Å². The van der Waals surface area contributed by atoms with E-state index in [2.05, 4.69) is 21.5 Å². The van der Waals surface area contributed by atoms with Gasteiger partial charge in [0.05, 0.1) is 12.3 Å². The molecule has 10 heteroatoms. The molecule has 2 aromatic heterocycles. The zero-order valence-corrected chi connectivity index (χ0v) is 17.2. The third-order valence-electron chi connectivity index (χ3n) is 5.43. The molecule has 4 atom stereocenters. The molecular formula is C20H25N5O5. The number of nitrogens with zero attached hydrogens (tertiary/aromatic N) is 4. The topological polar surface area (TPSA) is 131 Å². The summed E-state index contributed by atoms with van der Waals surface area (Å²) in [5.41, 5.74) is -0.604. The Morgan fingerprint density at radius 3 is 2.87 bits per heavy atom. The lowest BCUT2D eigenvalue weighted by atomic mass is 9.92. The van der Waals surface area contributed by atoms with E-state index in [1.54, 1.807) is 26.0 Å². The summed E-state index contributed by atoms with van der Waals surface area (Å²) < 4.78 is 19.4. The summed E-state index contributed by atoms with van der Waals surface area (Å²) in [5, 5.41) is 27.0. The number of hydrogen-bond acceptors (Lipinski definition) is 8. The second kappa shape index (κ2) is 7.59. The number of aliphatic hydroxyl groups excluding tert-OH is 1. The van der Waals surface area contributed by atoms with Crippen LogP contribution in [0.2, 0.25) is 0 Å². The van der Waals surface area contributed by atoms with Gasteiger partial charge >= 0.3 is 0 Å². The number of rotatable bonds is 6. The summed E-state index contributed by atoms with van der Waals surface area (Å²) in [6.45, 7) is 5.21. The molecule has 1 amide bonds. The SMILES string of the molecule is CCCCC(=O)Nc1ncnn2c([C@]3(C#N)O[C@H](CO)[C@H]4OC(C)(C)O[C@H]43)ccc12. The maximum absolute atomic E-state index is 12.2. The Kier molecular flexibility index (Phi) is 5.23. The average Bonchev–Trinajstić information content (AvgIpc) is 3.37. The van der Waals surface area contributed by atoms with Crippen molar-refractivity contribution in [1.82, 2.24) is 14.6 Å². The molecule has 0 bridgehead atoms. The molecule has 0 aliphatic carbocycles. The zero-order valence-electron chi connectivity index (χ0n) is 17.2. The number of aliphatic hydroxyl groups is 1. The first-order valence-electron chi connectivity index (χ1n) is 10.0. The van der Waals surface area contributed by atoms with E-state index < -0.39 is 29.7 Å². The van der Waals surface area contributed by atoms with Crippen LogP contribution in [0.1, 0.15) is 45.7 Å². The molecule has 0 spiro atoms. The molecule has 4 heterocycles. The minimum atomic E-state index is -1.55. The Morgan fingerprint density at radius 1 is 1.37 bits per heavy atom. The van der Waals surface area contributed by atoms with Crippen molar-refractivity contribution in [3.05, 3.63) is 24.2 Å². The van der Waals surface area contributed by atoms with Gasteiger partial charge in [0.25, 0.3) is 0 Å². The summed E-state index contributed by atoms with van der Waals surface area (Å²) in [5.74, 6) is -0.709. The second-order valence-corrected chi connectivity index (χ2v) is 7.98. The first kappa shape index (κ1) is 20.7. The van der Waals surface area contributed by atoms with Gasteiger partial charge in [-0.3, -0.25) is 4.79 Å². The molecule has 0 saturated carbocycles. The van der Waals surface area contributed by atoms with Crippen LogP contribution >= 0.6 is 0 Å². The number of carbonyl (C=O) groups is 1. The van der Waals surface area contributed by atoms with Gasteiger partial charge in [-0.2, -0.15) is 10.4 Å². The predicted molar refractivity (Wildman–Crippen MR) is 104 cm³/mol. The number of amides is 1. The molecule has 0 unspecified atom stereocenters. The number of aromatic nitrogens is 3. The Balaban J connectivity index is 1.75. The summed E-state index contributed by atoms with van der Waals surface area (Å²) in [6, 6.07) is 5.64. The third kappa shape index (κ3) is 3.24. The summed E-state index contributed by atoms with van der Waals surface area (Å²) in [4.78, 5) is 16.4. The molecule has 0 aromatic carbocycles. The van der Waals surface area contributed by atoms with E-state index in [1.165, 1.54) is 10.8 Å². The predicted octanol–water partition coefficient (Wildman–Crippen LogP) is 1.49. The summed E-state index contributed by atoms with van der Waals surface area (Å²) in [6.07, 6.45) is 1.31. The van der Waals surface area contributed by atoms with Crippen molar-refractivity contribution >= 4 is 17.2 Å². The van der Waals surface area contributed by atoms with Gasteiger partial charge in [-0.05, 0) is 32.4 Å². The van der Waals surface area contributed by atoms with Crippen LogP contribution in [0.25, 0.3) is 5.52 Å². The third-order valence-corrected chi connectivity index (χ3v) is 5.43. The van der Waals surface area contributed by atoms with Crippen molar-refractivity contribution in [3.8, 4) is 6.07 Å². The minimum Gasteiger partial charge on any atom is -0.394 e. The molecule has 2 N–H and O–H groups in total. The smallest absolute Gasteiger partial charge is 0.226 e. The van der Waals surface area contributed by atoms with Crippen LogP contribution < -0.4 is 5.32 Å². The number of anilines is 1. The van der Waals surface area contributed by atoms with Gasteiger partial charge in [0.2, 0.25) is 11.5 Å². The molecule has 2 aromatic rings. The molecule has 2 aliphatic rings. The first-order chi connectivity index (χ1) is 14.3. The molecule has 2 fully saturated rings. The number of fused-ring (bicyclic) bond motifs is 2. The number of nitrogens with one attached hydrogen (secondary N) is 1.